The number of nitrogens with zero attached hydrogens (tertiary/aromatic N) is 2. The molecule has 3 nitrogen and oxygen atoms in total. The van der Waals surface area contributed by atoms with Gasteiger partial charge in [-0.05, 0) is 36.9 Å². The molecule has 1 atom stereocenters. The van der Waals surface area contributed by atoms with Crippen molar-refractivity contribution in [2.75, 3.05) is 19.6 Å². The number of benzene rings is 1. The number of hydrogen-bond acceptors (Lipinski definition) is 3. The fourth-order valence-electron chi connectivity index (χ4n) is 3.08. The lowest BCUT2D eigenvalue weighted by atomic mass is 10.0. The molecule has 0 radical (unpaired) electrons. The Hall–Kier alpha value is -1.45. The van der Waals surface area contributed by atoms with E-state index in [1.54, 1.807) is 0 Å². The van der Waals surface area contributed by atoms with E-state index >= 15 is 0 Å². The van der Waals surface area contributed by atoms with Crippen LogP contribution >= 0.6 is 0 Å². The molecule has 0 aliphatic carbocycles. The zero-order chi connectivity index (χ0) is 13.8. The Balaban J connectivity index is 1.68. The lowest BCUT2D eigenvalue weighted by molar-refractivity contribution is 0.198. The first-order chi connectivity index (χ1) is 9.86. The summed E-state index contributed by atoms with van der Waals surface area (Å²) in [6.45, 7) is 6.75. The van der Waals surface area contributed by atoms with Gasteiger partial charge in [0, 0.05) is 36.9 Å². The number of nitrogens with one attached hydrogen (secondary N) is 1. The van der Waals surface area contributed by atoms with Crippen LogP contribution in [-0.4, -0.2) is 35.6 Å². The average molecular weight is 269 g/mol. The second kappa shape index (κ2) is 6.33. The first kappa shape index (κ1) is 13.5. The zero-order valence-electron chi connectivity index (χ0n) is 12.2. The maximum absolute atomic E-state index is 4.36. The third-order valence-corrected chi connectivity index (χ3v) is 4.28. The van der Waals surface area contributed by atoms with E-state index in [1.165, 1.54) is 42.3 Å². The molecular formula is C17H23N3. The zero-order valence-corrected chi connectivity index (χ0v) is 12.2. The van der Waals surface area contributed by atoms with Gasteiger partial charge >= 0.3 is 0 Å². The van der Waals surface area contributed by atoms with Crippen LogP contribution < -0.4 is 5.32 Å². The molecule has 1 saturated heterocycles. The quantitative estimate of drug-likeness (QED) is 0.925. The first-order valence-corrected chi connectivity index (χ1v) is 7.64. The van der Waals surface area contributed by atoms with Crippen molar-refractivity contribution in [1.82, 2.24) is 15.2 Å². The number of likely N-dealkylation sites (tertiary alicyclic amines) is 1. The van der Waals surface area contributed by atoms with Crippen molar-refractivity contribution in [2.45, 2.75) is 32.4 Å². The smallest absolute Gasteiger partial charge is 0.0346 e. The minimum absolute atomic E-state index is 0.614. The topological polar surface area (TPSA) is 28.2 Å². The highest BCUT2D eigenvalue weighted by Gasteiger charge is 2.18. The molecular weight excluding hydrogens is 246 g/mol. The monoisotopic (exact) mass is 269 g/mol. The van der Waals surface area contributed by atoms with Crippen molar-refractivity contribution >= 4 is 10.8 Å². The van der Waals surface area contributed by atoms with Gasteiger partial charge in [-0.15, -0.1) is 0 Å². The molecule has 3 heteroatoms. The van der Waals surface area contributed by atoms with Crippen molar-refractivity contribution in [3.63, 3.8) is 0 Å². The van der Waals surface area contributed by atoms with E-state index < -0.39 is 0 Å². The van der Waals surface area contributed by atoms with Gasteiger partial charge in [-0.2, -0.15) is 0 Å². The largest absolute Gasteiger partial charge is 0.309 e. The van der Waals surface area contributed by atoms with Gasteiger partial charge in [0.15, 0.2) is 0 Å². The Morgan fingerprint density at radius 2 is 2.20 bits per heavy atom. The summed E-state index contributed by atoms with van der Waals surface area (Å²) in [5.74, 6) is 0. The minimum atomic E-state index is 0.614. The number of rotatable bonds is 4. The standard InChI is InChI=1S/C17H23N3/c1-2-20-9-5-7-16(13-20)19-12-15-11-18-10-14-6-3-4-8-17(14)15/h3-4,6,8,10-11,16,19H,2,5,7,9,12-13H2,1H3. The van der Waals surface area contributed by atoms with E-state index in [4.69, 9.17) is 0 Å². The summed E-state index contributed by atoms with van der Waals surface area (Å²) in [6, 6.07) is 9.10. The molecule has 0 spiro atoms. The SMILES string of the molecule is CCN1CCCC(NCc2cncc3ccccc23)C1. The van der Waals surface area contributed by atoms with E-state index in [2.05, 4.69) is 46.4 Å². The van der Waals surface area contributed by atoms with Crippen LogP contribution in [0.2, 0.25) is 0 Å². The van der Waals surface area contributed by atoms with E-state index in [0.29, 0.717) is 6.04 Å². The molecule has 1 aliphatic rings. The molecule has 1 unspecified atom stereocenters. The highest BCUT2D eigenvalue weighted by molar-refractivity contribution is 5.84. The molecule has 106 valence electrons. The van der Waals surface area contributed by atoms with Crippen molar-refractivity contribution in [3.05, 3.63) is 42.2 Å². The van der Waals surface area contributed by atoms with Gasteiger partial charge in [-0.25, -0.2) is 0 Å². The van der Waals surface area contributed by atoms with Crippen LogP contribution in [0.25, 0.3) is 10.8 Å². The molecule has 0 bridgehead atoms. The Kier molecular flexibility index (Phi) is 4.28. The molecule has 2 aromatic rings. The first-order valence-electron chi connectivity index (χ1n) is 7.64. The molecule has 0 amide bonds. The van der Waals surface area contributed by atoms with Crippen LogP contribution in [0.5, 0.6) is 0 Å². The molecule has 1 fully saturated rings. The summed E-state index contributed by atoms with van der Waals surface area (Å²) in [5.41, 5.74) is 1.30. The number of piperidine rings is 1. The van der Waals surface area contributed by atoms with Crippen LogP contribution in [0.3, 0.4) is 0 Å². The van der Waals surface area contributed by atoms with Crippen LogP contribution in [-0.2, 0) is 6.54 Å². The molecule has 1 N–H and O–H groups in total. The Labute approximate surface area is 121 Å². The normalized spacial score (nSPS) is 20.4. The van der Waals surface area contributed by atoms with Gasteiger partial charge in [0.05, 0.1) is 0 Å². The van der Waals surface area contributed by atoms with Crippen LogP contribution in [0, 0.1) is 0 Å². The van der Waals surface area contributed by atoms with Gasteiger partial charge < -0.3 is 10.2 Å². The highest BCUT2D eigenvalue weighted by Crippen LogP contribution is 2.17. The fraction of sp³-hybridized carbons (Fsp3) is 0.471. The minimum Gasteiger partial charge on any atom is -0.309 e. The van der Waals surface area contributed by atoms with Crippen molar-refractivity contribution < 1.29 is 0 Å². The lowest BCUT2D eigenvalue weighted by Crippen LogP contribution is -2.45. The number of aromatic nitrogens is 1. The summed E-state index contributed by atoms with van der Waals surface area (Å²) in [5, 5.41) is 6.26. The lowest BCUT2D eigenvalue weighted by Gasteiger charge is -2.32. The Morgan fingerprint density at radius 3 is 3.10 bits per heavy atom. The average Bonchev–Trinajstić information content (AvgIpc) is 2.53. The second-order valence-electron chi connectivity index (χ2n) is 5.63. The third kappa shape index (κ3) is 3.00. The molecule has 20 heavy (non-hydrogen) atoms. The predicted octanol–water partition coefficient (Wildman–Crippen LogP) is 2.81. The van der Waals surface area contributed by atoms with Crippen LogP contribution in [0.15, 0.2) is 36.7 Å². The van der Waals surface area contributed by atoms with Crippen molar-refractivity contribution in [1.29, 1.82) is 0 Å². The van der Waals surface area contributed by atoms with Gasteiger partial charge in [-0.3, -0.25) is 4.98 Å². The second-order valence-corrected chi connectivity index (χ2v) is 5.63. The highest BCUT2D eigenvalue weighted by atomic mass is 15.2. The molecule has 3 rings (SSSR count). The van der Waals surface area contributed by atoms with Gasteiger partial charge in [0.2, 0.25) is 0 Å². The van der Waals surface area contributed by atoms with Crippen LogP contribution in [0.4, 0.5) is 0 Å². The number of likely N-dealkylation sites (N-methyl/N-ethyl adjacent to an activating group) is 1. The summed E-state index contributed by atoms with van der Waals surface area (Å²) >= 11 is 0. The molecule has 1 aliphatic heterocycles. The van der Waals surface area contributed by atoms with E-state index in [9.17, 15) is 0 Å². The summed E-state index contributed by atoms with van der Waals surface area (Å²) in [7, 11) is 0. The van der Waals surface area contributed by atoms with E-state index in [-0.39, 0.29) is 0 Å². The summed E-state index contributed by atoms with van der Waals surface area (Å²) in [4.78, 5) is 6.89. The molecule has 0 saturated carbocycles. The van der Waals surface area contributed by atoms with Crippen molar-refractivity contribution in [2.24, 2.45) is 0 Å². The van der Waals surface area contributed by atoms with E-state index in [0.717, 1.165) is 13.1 Å². The number of pyridine rings is 1. The fourth-order valence-corrected chi connectivity index (χ4v) is 3.08. The third-order valence-electron chi connectivity index (χ3n) is 4.28. The molecule has 2 heterocycles. The number of fused-ring (bicyclic) bond motifs is 1. The number of hydrogen-bond donors (Lipinski definition) is 1. The maximum atomic E-state index is 4.36. The van der Waals surface area contributed by atoms with Crippen molar-refractivity contribution in [3.8, 4) is 0 Å². The Morgan fingerprint density at radius 1 is 1.30 bits per heavy atom. The molecule has 1 aromatic carbocycles. The predicted molar refractivity (Wildman–Crippen MR) is 83.7 cm³/mol. The van der Waals surface area contributed by atoms with Gasteiger partial charge in [0.25, 0.3) is 0 Å². The van der Waals surface area contributed by atoms with Gasteiger partial charge in [0.1, 0.15) is 0 Å². The summed E-state index contributed by atoms with van der Waals surface area (Å²) in [6.07, 6.45) is 6.53. The van der Waals surface area contributed by atoms with Crippen LogP contribution in [0.1, 0.15) is 25.3 Å². The Bertz CT molecular complexity index is 562. The van der Waals surface area contributed by atoms with E-state index in [1.807, 2.05) is 12.4 Å². The van der Waals surface area contributed by atoms with Gasteiger partial charge in [-0.1, -0.05) is 31.2 Å². The molecule has 1 aromatic heterocycles. The summed E-state index contributed by atoms with van der Waals surface area (Å²) < 4.78 is 0. The maximum Gasteiger partial charge on any atom is 0.0346 e.